The predicted octanol–water partition coefficient (Wildman–Crippen LogP) is 4.97. The number of hydrogen-bond donors (Lipinski definition) is 2. The summed E-state index contributed by atoms with van der Waals surface area (Å²) in [5.74, 6) is 0.422. The van der Waals surface area contributed by atoms with Crippen molar-refractivity contribution in [2.45, 2.75) is 97.3 Å². The molecule has 6 nitrogen and oxygen atoms in total. The Bertz CT molecular complexity index is 481. The molecule has 28 heavy (non-hydrogen) atoms. The average Bonchev–Trinajstić information content (AvgIpc) is 2.97. The highest BCUT2D eigenvalue weighted by molar-refractivity contribution is 6.01. The smallest absolute Gasteiger partial charge is 0.324 e. The molecule has 0 aromatic carbocycles. The van der Waals surface area contributed by atoms with Gasteiger partial charge in [0.1, 0.15) is 6.54 Å². The van der Waals surface area contributed by atoms with Gasteiger partial charge in [0.05, 0.1) is 0 Å². The monoisotopic (exact) mass is 396 g/mol. The minimum Gasteiger partial charge on any atom is -0.481 e. The first-order valence-corrected chi connectivity index (χ1v) is 11.3. The molecule has 1 aliphatic rings. The largest absolute Gasteiger partial charge is 0.481 e. The number of carboxylic acid groups (broad SMARTS) is 1. The fraction of sp³-hybridized carbons (Fsp3) is 0.864. The van der Waals surface area contributed by atoms with Gasteiger partial charge in [-0.05, 0) is 31.1 Å². The van der Waals surface area contributed by atoms with Gasteiger partial charge in [0.25, 0.3) is 0 Å². The zero-order chi connectivity index (χ0) is 20.8. The van der Waals surface area contributed by atoms with Crippen LogP contribution in [0.25, 0.3) is 0 Å². The number of hydrogen-bond acceptors (Lipinski definition) is 3. The van der Waals surface area contributed by atoms with Gasteiger partial charge in [-0.25, -0.2) is 4.79 Å². The second-order valence-electron chi connectivity index (χ2n) is 8.31. The van der Waals surface area contributed by atoms with Crippen LogP contribution in [-0.4, -0.2) is 41.0 Å². The second-order valence-corrected chi connectivity index (χ2v) is 8.31. The molecule has 1 fully saturated rings. The standard InChI is InChI=1S/C22H40N2O4/c1-3-5-11-19(14-15-24-17-20(25)23-22(24)28)16-18(10-4-2)12-8-6-7-9-13-21(26)27/h18-19H,3-17H2,1-2H3,(H,26,27)(H,23,25,28). The third-order valence-corrected chi connectivity index (χ3v) is 5.76. The summed E-state index contributed by atoms with van der Waals surface area (Å²) in [4.78, 5) is 35.3. The Morgan fingerprint density at radius 2 is 1.64 bits per heavy atom. The van der Waals surface area contributed by atoms with Gasteiger partial charge >= 0.3 is 12.0 Å². The molecule has 2 N–H and O–H groups in total. The number of carboxylic acids is 1. The van der Waals surface area contributed by atoms with Crippen molar-refractivity contribution in [1.82, 2.24) is 10.2 Å². The van der Waals surface area contributed by atoms with E-state index in [2.05, 4.69) is 19.2 Å². The Morgan fingerprint density at radius 1 is 0.964 bits per heavy atom. The van der Waals surface area contributed by atoms with Gasteiger partial charge < -0.3 is 10.0 Å². The quantitative estimate of drug-likeness (QED) is 0.268. The van der Waals surface area contributed by atoms with Gasteiger partial charge in [0.2, 0.25) is 5.91 Å². The number of amides is 3. The molecule has 1 heterocycles. The van der Waals surface area contributed by atoms with Crippen molar-refractivity contribution in [3.05, 3.63) is 0 Å². The predicted molar refractivity (Wildman–Crippen MR) is 111 cm³/mol. The van der Waals surface area contributed by atoms with Crippen LogP contribution in [0.1, 0.15) is 97.3 Å². The molecule has 0 bridgehead atoms. The lowest BCUT2D eigenvalue weighted by atomic mass is 9.83. The van der Waals surface area contributed by atoms with Crippen LogP contribution in [0.5, 0.6) is 0 Å². The number of rotatable bonds is 17. The van der Waals surface area contributed by atoms with E-state index in [1.807, 2.05) is 0 Å². The summed E-state index contributed by atoms with van der Waals surface area (Å²) in [6.45, 7) is 5.32. The first-order chi connectivity index (χ1) is 13.5. The summed E-state index contributed by atoms with van der Waals surface area (Å²) in [5.41, 5.74) is 0. The number of imide groups is 1. The maximum absolute atomic E-state index is 11.8. The summed E-state index contributed by atoms with van der Waals surface area (Å²) in [7, 11) is 0. The Labute approximate surface area is 170 Å². The lowest BCUT2D eigenvalue weighted by Crippen LogP contribution is -2.30. The third-order valence-electron chi connectivity index (χ3n) is 5.76. The number of aliphatic carboxylic acids is 1. The zero-order valence-electron chi connectivity index (χ0n) is 17.9. The van der Waals surface area contributed by atoms with Gasteiger partial charge in [0.15, 0.2) is 0 Å². The van der Waals surface area contributed by atoms with Crippen LogP contribution in [0.15, 0.2) is 0 Å². The maximum atomic E-state index is 11.8. The van der Waals surface area contributed by atoms with E-state index in [4.69, 9.17) is 5.11 Å². The molecule has 1 rings (SSSR count). The molecule has 0 aromatic rings. The van der Waals surface area contributed by atoms with Gasteiger partial charge in [0, 0.05) is 13.0 Å². The number of nitrogens with zero attached hydrogens (tertiary/aromatic N) is 1. The number of nitrogens with one attached hydrogen (secondary N) is 1. The van der Waals surface area contributed by atoms with Gasteiger partial charge in [-0.3, -0.25) is 14.9 Å². The van der Waals surface area contributed by atoms with Crippen molar-refractivity contribution in [1.29, 1.82) is 0 Å². The van der Waals surface area contributed by atoms with E-state index in [9.17, 15) is 14.4 Å². The average molecular weight is 397 g/mol. The summed E-state index contributed by atoms with van der Waals surface area (Å²) in [6, 6.07) is -0.245. The van der Waals surface area contributed by atoms with Crippen LogP contribution in [-0.2, 0) is 9.59 Å². The van der Waals surface area contributed by atoms with Crippen LogP contribution in [0.2, 0.25) is 0 Å². The van der Waals surface area contributed by atoms with Crippen LogP contribution < -0.4 is 5.32 Å². The van der Waals surface area contributed by atoms with E-state index in [1.165, 1.54) is 51.4 Å². The molecule has 0 saturated carbocycles. The van der Waals surface area contributed by atoms with Crippen LogP contribution in [0.3, 0.4) is 0 Å². The number of unbranched alkanes of at least 4 members (excludes halogenated alkanes) is 4. The second kappa shape index (κ2) is 14.4. The van der Waals surface area contributed by atoms with Crippen molar-refractivity contribution in [3.63, 3.8) is 0 Å². The molecular weight excluding hydrogens is 356 g/mol. The Hall–Kier alpha value is -1.59. The zero-order valence-corrected chi connectivity index (χ0v) is 17.9. The highest BCUT2D eigenvalue weighted by atomic mass is 16.4. The topological polar surface area (TPSA) is 86.7 Å². The fourth-order valence-electron chi connectivity index (χ4n) is 4.20. The molecule has 0 aliphatic carbocycles. The molecule has 162 valence electrons. The number of carbonyl (C=O) groups is 3. The van der Waals surface area contributed by atoms with Crippen LogP contribution >= 0.6 is 0 Å². The lowest BCUT2D eigenvalue weighted by Gasteiger charge is -2.25. The Kier molecular flexibility index (Phi) is 12.6. The minimum atomic E-state index is -0.698. The fourth-order valence-corrected chi connectivity index (χ4v) is 4.20. The molecule has 0 spiro atoms. The van der Waals surface area contributed by atoms with Crippen molar-refractivity contribution in [2.24, 2.45) is 11.8 Å². The Balaban J connectivity index is 2.41. The molecule has 2 atom stereocenters. The number of carbonyl (C=O) groups excluding carboxylic acids is 2. The van der Waals surface area contributed by atoms with Crippen molar-refractivity contribution in [2.75, 3.05) is 13.1 Å². The highest BCUT2D eigenvalue weighted by Gasteiger charge is 2.27. The van der Waals surface area contributed by atoms with Crippen molar-refractivity contribution >= 4 is 17.9 Å². The molecule has 0 aromatic heterocycles. The van der Waals surface area contributed by atoms with Crippen molar-refractivity contribution in [3.8, 4) is 0 Å². The van der Waals surface area contributed by atoms with E-state index < -0.39 is 5.97 Å². The summed E-state index contributed by atoms with van der Waals surface area (Å²) in [5, 5.41) is 11.1. The van der Waals surface area contributed by atoms with E-state index in [-0.39, 0.29) is 24.9 Å². The maximum Gasteiger partial charge on any atom is 0.324 e. The van der Waals surface area contributed by atoms with Crippen LogP contribution in [0.4, 0.5) is 4.79 Å². The molecule has 0 radical (unpaired) electrons. The minimum absolute atomic E-state index is 0.193. The highest BCUT2D eigenvalue weighted by Crippen LogP contribution is 2.29. The lowest BCUT2D eigenvalue weighted by molar-refractivity contribution is -0.137. The summed E-state index contributed by atoms with van der Waals surface area (Å²) in [6.07, 6.45) is 13.8. The molecular formula is C22H40N2O4. The van der Waals surface area contributed by atoms with Crippen LogP contribution in [0, 0.1) is 11.8 Å². The van der Waals surface area contributed by atoms with Gasteiger partial charge in [-0.1, -0.05) is 71.6 Å². The van der Waals surface area contributed by atoms with E-state index >= 15 is 0 Å². The first-order valence-electron chi connectivity index (χ1n) is 11.3. The van der Waals surface area contributed by atoms with E-state index in [0.717, 1.165) is 25.7 Å². The molecule has 6 heteroatoms. The normalized spacial score (nSPS) is 16.3. The summed E-state index contributed by atoms with van der Waals surface area (Å²) >= 11 is 0. The van der Waals surface area contributed by atoms with E-state index in [1.54, 1.807) is 4.90 Å². The van der Waals surface area contributed by atoms with Gasteiger partial charge in [-0.15, -0.1) is 0 Å². The van der Waals surface area contributed by atoms with E-state index in [0.29, 0.717) is 18.4 Å². The summed E-state index contributed by atoms with van der Waals surface area (Å²) < 4.78 is 0. The first kappa shape index (κ1) is 24.4. The van der Waals surface area contributed by atoms with Gasteiger partial charge in [-0.2, -0.15) is 0 Å². The molecule has 3 amide bonds. The molecule has 2 unspecified atom stereocenters. The third kappa shape index (κ3) is 10.7. The SMILES string of the molecule is CCCCC(CCN1CC(=O)NC1=O)CC(CCC)CCCCCCC(=O)O. The molecule has 1 aliphatic heterocycles. The molecule has 1 saturated heterocycles. The Morgan fingerprint density at radius 3 is 2.25 bits per heavy atom. The number of urea groups is 1. The van der Waals surface area contributed by atoms with Crippen molar-refractivity contribution < 1.29 is 19.5 Å².